The largest absolute Gasteiger partial charge is 0.418 e. The first-order chi connectivity index (χ1) is 10.0. The van der Waals surface area contributed by atoms with Crippen LogP contribution in [0.25, 0.3) is 5.69 Å². The number of methoxy groups -OCH3 is 1. The van der Waals surface area contributed by atoms with Crippen molar-refractivity contribution in [1.82, 2.24) is 15.1 Å². The molecule has 0 aliphatic carbocycles. The molecule has 0 atom stereocenters. The number of aromatic nitrogens is 2. The molecule has 0 amide bonds. The first-order valence-electron chi connectivity index (χ1n) is 6.42. The van der Waals surface area contributed by atoms with E-state index >= 15 is 0 Å². The summed E-state index contributed by atoms with van der Waals surface area (Å²) in [5.74, 6) is 0. The summed E-state index contributed by atoms with van der Waals surface area (Å²) in [6.07, 6.45) is -1.49. The van der Waals surface area contributed by atoms with E-state index in [1.165, 1.54) is 23.1 Å². The van der Waals surface area contributed by atoms with Crippen molar-refractivity contribution in [2.75, 3.05) is 20.3 Å². The summed E-state index contributed by atoms with van der Waals surface area (Å²) in [5, 5.41) is 6.88. The van der Waals surface area contributed by atoms with Gasteiger partial charge in [0, 0.05) is 32.6 Å². The van der Waals surface area contributed by atoms with Crippen molar-refractivity contribution in [1.29, 1.82) is 0 Å². The van der Waals surface area contributed by atoms with Gasteiger partial charge >= 0.3 is 6.18 Å². The summed E-state index contributed by atoms with van der Waals surface area (Å²) in [7, 11) is 1.57. The van der Waals surface area contributed by atoms with Gasteiger partial charge in [-0.05, 0) is 23.8 Å². The SMILES string of the molecule is COCCNCc1ccc(-n2cccn2)c(C(F)(F)F)c1. The van der Waals surface area contributed by atoms with Gasteiger partial charge in [0.05, 0.1) is 17.9 Å². The van der Waals surface area contributed by atoms with Gasteiger partial charge in [0.2, 0.25) is 0 Å². The fraction of sp³-hybridized carbons (Fsp3) is 0.357. The smallest absolute Gasteiger partial charge is 0.383 e. The van der Waals surface area contributed by atoms with E-state index in [9.17, 15) is 13.2 Å². The molecule has 0 saturated heterocycles. The molecular weight excluding hydrogens is 283 g/mol. The van der Waals surface area contributed by atoms with E-state index in [1.807, 2.05) is 0 Å². The predicted molar refractivity (Wildman–Crippen MR) is 72.1 cm³/mol. The van der Waals surface area contributed by atoms with Crippen LogP contribution in [0.5, 0.6) is 0 Å². The second-order valence-corrected chi connectivity index (χ2v) is 4.47. The summed E-state index contributed by atoms with van der Waals surface area (Å²) in [4.78, 5) is 0. The molecule has 114 valence electrons. The summed E-state index contributed by atoms with van der Waals surface area (Å²) >= 11 is 0. The quantitative estimate of drug-likeness (QED) is 0.833. The minimum absolute atomic E-state index is 0.0214. The van der Waals surface area contributed by atoms with Crippen LogP contribution in [0, 0.1) is 0 Å². The minimum Gasteiger partial charge on any atom is -0.383 e. The van der Waals surface area contributed by atoms with Gasteiger partial charge in [0.15, 0.2) is 0 Å². The van der Waals surface area contributed by atoms with Gasteiger partial charge in [0.25, 0.3) is 0 Å². The monoisotopic (exact) mass is 299 g/mol. The first kappa shape index (κ1) is 15.5. The van der Waals surface area contributed by atoms with Crippen molar-refractivity contribution >= 4 is 0 Å². The molecule has 0 spiro atoms. The van der Waals surface area contributed by atoms with Gasteiger partial charge in [-0.25, -0.2) is 4.68 Å². The van der Waals surface area contributed by atoms with Gasteiger partial charge < -0.3 is 10.1 Å². The van der Waals surface area contributed by atoms with Crippen molar-refractivity contribution in [3.8, 4) is 5.69 Å². The summed E-state index contributed by atoms with van der Waals surface area (Å²) in [5.41, 5.74) is -0.111. The minimum atomic E-state index is -4.43. The normalized spacial score (nSPS) is 11.8. The highest BCUT2D eigenvalue weighted by Gasteiger charge is 2.34. The number of hydrogen-bond acceptors (Lipinski definition) is 3. The maximum atomic E-state index is 13.2. The van der Waals surface area contributed by atoms with E-state index in [1.54, 1.807) is 19.2 Å². The third-order valence-electron chi connectivity index (χ3n) is 2.93. The molecule has 0 saturated carbocycles. The van der Waals surface area contributed by atoms with E-state index < -0.39 is 11.7 Å². The number of ether oxygens (including phenoxy) is 1. The van der Waals surface area contributed by atoms with Crippen LogP contribution in [0.1, 0.15) is 11.1 Å². The lowest BCUT2D eigenvalue weighted by atomic mass is 10.1. The summed E-state index contributed by atoms with van der Waals surface area (Å²) in [6, 6.07) is 5.83. The Morgan fingerprint density at radius 2 is 2.14 bits per heavy atom. The molecule has 0 aliphatic rings. The van der Waals surface area contributed by atoms with E-state index in [-0.39, 0.29) is 5.69 Å². The second-order valence-electron chi connectivity index (χ2n) is 4.47. The molecule has 0 bridgehead atoms. The Morgan fingerprint density at radius 3 is 2.76 bits per heavy atom. The number of hydrogen-bond donors (Lipinski definition) is 1. The molecule has 0 radical (unpaired) electrons. The van der Waals surface area contributed by atoms with E-state index in [0.29, 0.717) is 25.3 Å². The maximum absolute atomic E-state index is 13.2. The lowest BCUT2D eigenvalue weighted by Crippen LogP contribution is -2.19. The Morgan fingerprint density at radius 1 is 1.33 bits per heavy atom. The Hall–Kier alpha value is -1.86. The van der Waals surface area contributed by atoms with E-state index in [2.05, 4.69) is 10.4 Å². The Balaban J connectivity index is 2.24. The molecule has 7 heteroatoms. The molecule has 1 N–H and O–H groups in total. The number of rotatable bonds is 6. The van der Waals surface area contributed by atoms with E-state index in [4.69, 9.17) is 4.74 Å². The van der Waals surface area contributed by atoms with Crippen molar-refractivity contribution in [2.24, 2.45) is 0 Å². The van der Waals surface area contributed by atoms with Crippen LogP contribution in [0.15, 0.2) is 36.7 Å². The van der Waals surface area contributed by atoms with Crippen LogP contribution >= 0.6 is 0 Å². The third kappa shape index (κ3) is 4.05. The van der Waals surface area contributed by atoms with Gasteiger partial charge in [0.1, 0.15) is 0 Å². The van der Waals surface area contributed by atoms with Crippen molar-refractivity contribution in [3.63, 3.8) is 0 Å². The van der Waals surface area contributed by atoms with Crippen LogP contribution in [-0.2, 0) is 17.5 Å². The average molecular weight is 299 g/mol. The standard InChI is InChI=1S/C14H16F3N3O/c1-21-8-6-18-10-11-3-4-13(20-7-2-5-19-20)12(9-11)14(15,16)17/h2-5,7,9,18H,6,8,10H2,1H3. The van der Waals surface area contributed by atoms with Crippen LogP contribution in [0.2, 0.25) is 0 Å². The Labute approximate surface area is 120 Å². The molecule has 1 aromatic heterocycles. The summed E-state index contributed by atoms with van der Waals surface area (Å²) < 4.78 is 45.6. The number of halogens is 3. The predicted octanol–water partition coefficient (Wildman–Crippen LogP) is 2.63. The van der Waals surface area contributed by atoms with Crippen molar-refractivity contribution in [2.45, 2.75) is 12.7 Å². The number of nitrogens with zero attached hydrogens (tertiary/aromatic N) is 2. The highest BCUT2D eigenvalue weighted by Crippen LogP contribution is 2.34. The van der Waals surface area contributed by atoms with Gasteiger partial charge in [-0.2, -0.15) is 18.3 Å². The zero-order chi connectivity index (χ0) is 15.3. The lowest BCUT2D eigenvalue weighted by Gasteiger charge is -2.15. The van der Waals surface area contributed by atoms with Crippen LogP contribution in [0.3, 0.4) is 0 Å². The molecule has 1 aromatic carbocycles. The average Bonchev–Trinajstić information content (AvgIpc) is 2.96. The molecule has 4 nitrogen and oxygen atoms in total. The number of alkyl halides is 3. The zero-order valence-corrected chi connectivity index (χ0v) is 11.5. The molecular formula is C14H16F3N3O. The maximum Gasteiger partial charge on any atom is 0.418 e. The molecule has 0 aliphatic heterocycles. The number of benzene rings is 1. The molecule has 0 fully saturated rings. The Bertz CT molecular complexity index is 567. The molecule has 21 heavy (non-hydrogen) atoms. The summed E-state index contributed by atoms with van der Waals surface area (Å²) in [6.45, 7) is 1.45. The van der Waals surface area contributed by atoms with E-state index in [0.717, 1.165) is 6.07 Å². The van der Waals surface area contributed by atoms with Crippen molar-refractivity contribution in [3.05, 3.63) is 47.8 Å². The highest BCUT2D eigenvalue weighted by molar-refractivity contribution is 5.44. The number of nitrogens with one attached hydrogen (secondary N) is 1. The van der Waals surface area contributed by atoms with Crippen LogP contribution in [0.4, 0.5) is 13.2 Å². The fourth-order valence-electron chi connectivity index (χ4n) is 1.94. The second kappa shape index (κ2) is 6.73. The molecule has 2 aromatic rings. The third-order valence-corrected chi connectivity index (χ3v) is 2.93. The van der Waals surface area contributed by atoms with Crippen LogP contribution in [-0.4, -0.2) is 30.0 Å². The fourth-order valence-corrected chi connectivity index (χ4v) is 1.94. The van der Waals surface area contributed by atoms with Crippen LogP contribution < -0.4 is 5.32 Å². The van der Waals surface area contributed by atoms with Gasteiger partial charge in [-0.15, -0.1) is 0 Å². The molecule has 0 unspecified atom stereocenters. The first-order valence-corrected chi connectivity index (χ1v) is 6.42. The molecule has 1 heterocycles. The zero-order valence-electron chi connectivity index (χ0n) is 11.5. The van der Waals surface area contributed by atoms with Gasteiger partial charge in [-0.3, -0.25) is 0 Å². The van der Waals surface area contributed by atoms with Gasteiger partial charge in [-0.1, -0.05) is 6.07 Å². The topological polar surface area (TPSA) is 39.1 Å². The lowest BCUT2D eigenvalue weighted by molar-refractivity contribution is -0.137. The van der Waals surface area contributed by atoms with Crippen molar-refractivity contribution < 1.29 is 17.9 Å². The highest BCUT2D eigenvalue weighted by atomic mass is 19.4. The molecule has 2 rings (SSSR count). The Kier molecular flexibility index (Phi) is 4.98.